The van der Waals surface area contributed by atoms with Crippen LogP contribution in [0.5, 0.6) is 0 Å². The number of aromatic nitrogens is 3. The number of pyridine rings is 1. The largest absolute Gasteiger partial charge is 0.337 e. The van der Waals surface area contributed by atoms with E-state index in [1.165, 1.54) is 30.1 Å². The molecule has 0 aliphatic carbocycles. The van der Waals surface area contributed by atoms with Crippen molar-refractivity contribution in [2.75, 3.05) is 4.72 Å². The second-order valence-electron chi connectivity index (χ2n) is 5.44. The molecule has 26 heavy (non-hydrogen) atoms. The Morgan fingerprint density at radius 3 is 2.62 bits per heavy atom. The van der Waals surface area contributed by atoms with Crippen LogP contribution in [0.15, 0.2) is 59.5 Å². The Labute approximate surface area is 150 Å². The Balaban J connectivity index is 1.57. The Kier molecular flexibility index (Phi) is 4.26. The van der Waals surface area contributed by atoms with Crippen LogP contribution in [-0.2, 0) is 0 Å². The first-order valence-corrected chi connectivity index (χ1v) is 8.41. The molecule has 0 saturated heterocycles. The quantitative estimate of drug-likeness (QED) is 0.384. The van der Waals surface area contributed by atoms with Gasteiger partial charge >= 0.3 is 0 Å². The number of aromatic amines is 1. The summed E-state index contributed by atoms with van der Waals surface area (Å²) in [6.07, 6.45) is 0. The minimum Gasteiger partial charge on any atom is -0.337 e. The molecule has 2 aromatic carbocycles. The van der Waals surface area contributed by atoms with Crippen molar-refractivity contribution < 1.29 is 13.2 Å². The van der Waals surface area contributed by atoms with Crippen LogP contribution in [0.1, 0.15) is 0 Å². The van der Waals surface area contributed by atoms with Gasteiger partial charge in [-0.15, -0.1) is 0 Å². The summed E-state index contributed by atoms with van der Waals surface area (Å²) in [5.74, 6) is -1.42. The van der Waals surface area contributed by atoms with Crippen molar-refractivity contribution in [1.29, 1.82) is 0 Å². The summed E-state index contributed by atoms with van der Waals surface area (Å²) in [6, 6.07) is 13.3. The van der Waals surface area contributed by atoms with Crippen LogP contribution in [0.3, 0.4) is 0 Å². The van der Waals surface area contributed by atoms with Crippen molar-refractivity contribution in [3.05, 3.63) is 72.2 Å². The van der Waals surface area contributed by atoms with Crippen LogP contribution in [-0.4, -0.2) is 15.0 Å². The van der Waals surface area contributed by atoms with E-state index in [9.17, 15) is 13.2 Å². The van der Waals surface area contributed by atoms with Gasteiger partial charge in [-0.2, -0.15) is 4.39 Å². The molecule has 0 aliphatic rings. The maximum Gasteiger partial charge on any atom is 0.213 e. The summed E-state index contributed by atoms with van der Waals surface area (Å²) in [5.41, 5.74) is 2.02. The molecule has 0 bridgehead atoms. The lowest BCUT2D eigenvalue weighted by atomic mass is 10.3. The van der Waals surface area contributed by atoms with Crippen molar-refractivity contribution in [2.45, 2.75) is 4.90 Å². The topological polar surface area (TPSA) is 53.6 Å². The number of fused-ring (bicyclic) bond motifs is 1. The van der Waals surface area contributed by atoms with E-state index in [1.807, 2.05) is 12.1 Å². The molecule has 4 aromatic rings. The number of imidazole rings is 1. The van der Waals surface area contributed by atoms with E-state index >= 15 is 0 Å². The van der Waals surface area contributed by atoms with E-state index in [4.69, 9.17) is 0 Å². The molecule has 4 nitrogen and oxygen atoms in total. The molecule has 8 heteroatoms. The van der Waals surface area contributed by atoms with Crippen molar-refractivity contribution in [3.8, 4) is 11.5 Å². The maximum atomic E-state index is 13.7. The van der Waals surface area contributed by atoms with Gasteiger partial charge in [0.05, 0.1) is 16.7 Å². The zero-order chi connectivity index (χ0) is 18.1. The zero-order valence-electron chi connectivity index (χ0n) is 13.1. The second-order valence-corrected chi connectivity index (χ2v) is 6.32. The molecule has 0 radical (unpaired) electrons. The predicted molar refractivity (Wildman–Crippen MR) is 95.1 cm³/mol. The molecule has 0 unspecified atom stereocenters. The molecule has 0 spiro atoms. The van der Waals surface area contributed by atoms with E-state index in [0.29, 0.717) is 17.0 Å². The van der Waals surface area contributed by atoms with Crippen molar-refractivity contribution in [3.63, 3.8) is 0 Å². The van der Waals surface area contributed by atoms with Gasteiger partial charge in [-0.05, 0) is 54.4 Å². The highest BCUT2D eigenvalue weighted by molar-refractivity contribution is 8.00. The highest BCUT2D eigenvalue weighted by Gasteiger charge is 2.09. The van der Waals surface area contributed by atoms with Gasteiger partial charge in [-0.3, -0.25) is 0 Å². The molecule has 2 aromatic heterocycles. The van der Waals surface area contributed by atoms with Crippen LogP contribution in [0.4, 0.5) is 18.9 Å². The molecule has 130 valence electrons. The second kappa shape index (κ2) is 6.72. The van der Waals surface area contributed by atoms with Gasteiger partial charge in [0.15, 0.2) is 5.82 Å². The minimum absolute atomic E-state index is 0.186. The number of H-pyrrole nitrogens is 1. The van der Waals surface area contributed by atoms with E-state index in [1.54, 1.807) is 18.2 Å². The number of halogens is 3. The first kappa shape index (κ1) is 16.5. The van der Waals surface area contributed by atoms with Gasteiger partial charge in [-0.25, -0.2) is 18.7 Å². The molecule has 2 heterocycles. The zero-order valence-corrected chi connectivity index (χ0v) is 13.9. The lowest BCUT2D eigenvalue weighted by Gasteiger charge is -2.06. The summed E-state index contributed by atoms with van der Waals surface area (Å²) in [5, 5.41) is 0. The lowest BCUT2D eigenvalue weighted by Crippen LogP contribution is -1.91. The summed E-state index contributed by atoms with van der Waals surface area (Å²) < 4.78 is 42.7. The van der Waals surface area contributed by atoms with Crippen molar-refractivity contribution in [2.24, 2.45) is 0 Å². The monoisotopic (exact) mass is 372 g/mol. The number of benzene rings is 2. The van der Waals surface area contributed by atoms with Gasteiger partial charge in [0, 0.05) is 11.0 Å². The maximum absolute atomic E-state index is 13.7. The van der Waals surface area contributed by atoms with E-state index < -0.39 is 17.6 Å². The molecule has 0 amide bonds. The van der Waals surface area contributed by atoms with Gasteiger partial charge in [0.25, 0.3) is 0 Å². The molecule has 0 aliphatic heterocycles. The number of nitrogens with one attached hydrogen (secondary N) is 2. The fraction of sp³-hybridized carbons (Fsp3) is 0. The first-order valence-electron chi connectivity index (χ1n) is 7.59. The Morgan fingerprint density at radius 2 is 1.81 bits per heavy atom. The number of hydrogen-bond acceptors (Lipinski definition) is 4. The van der Waals surface area contributed by atoms with E-state index in [2.05, 4.69) is 19.7 Å². The Bertz CT molecular complexity index is 1100. The van der Waals surface area contributed by atoms with E-state index in [-0.39, 0.29) is 5.69 Å². The number of hydrogen-bond donors (Lipinski definition) is 2. The molecule has 2 N–H and O–H groups in total. The van der Waals surface area contributed by atoms with Crippen LogP contribution >= 0.6 is 11.9 Å². The lowest BCUT2D eigenvalue weighted by molar-refractivity contribution is 0.584. The minimum atomic E-state index is -0.667. The van der Waals surface area contributed by atoms with E-state index in [0.717, 1.165) is 16.5 Å². The summed E-state index contributed by atoms with van der Waals surface area (Å²) in [7, 11) is 0. The third-order valence-corrected chi connectivity index (χ3v) is 4.43. The van der Waals surface area contributed by atoms with Crippen LogP contribution in [0, 0.1) is 17.6 Å². The number of anilines is 1. The van der Waals surface area contributed by atoms with Crippen LogP contribution in [0.2, 0.25) is 0 Å². The number of rotatable bonds is 4. The standard InChI is InChI=1S/C18H11F3N4S/c19-10-4-6-13(12(20)8-10)25-26-11-5-7-14-16(9-11)24-18(23-14)15-2-1-3-17(21)22-15/h1-9,25H,(H,23,24). The molecule has 0 saturated carbocycles. The van der Waals surface area contributed by atoms with Gasteiger partial charge in [0.1, 0.15) is 17.3 Å². The highest BCUT2D eigenvalue weighted by Crippen LogP contribution is 2.27. The summed E-state index contributed by atoms with van der Waals surface area (Å²) >= 11 is 1.18. The van der Waals surface area contributed by atoms with Gasteiger partial charge in [-0.1, -0.05) is 6.07 Å². The third kappa shape index (κ3) is 3.36. The van der Waals surface area contributed by atoms with Crippen molar-refractivity contribution >= 4 is 28.7 Å². The normalized spacial score (nSPS) is 11.0. The van der Waals surface area contributed by atoms with Crippen molar-refractivity contribution in [1.82, 2.24) is 15.0 Å². The van der Waals surface area contributed by atoms with Gasteiger partial charge in [0.2, 0.25) is 5.95 Å². The van der Waals surface area contributed by atoms with Gasteiger partial charge < -0.3 is 9.71 Å². The molecular formula is C18H11F3N4S. The molecular weight excluding hydrogens is 361 g/mol. The fourth-order valence-electron chi connectivity index (χ4n) is 2.40. The Hall–Kier alpha value is -3.00. The fourth-order valence-corrected chi connectivity index (χ4v) is 3.11. The number of nitrogens with zero attached hydrogens (tertiary/aromatic N) is 2. The average molecular weight is 372 g/mol. The Morgan fingerprint density at radius 1 is 0.923 bits per heavy atom. The summed E-state index contributed by atoms with van der Waals surface area (Å²) in [6.45, 7) is 0. The molecule has 4 rings (SSSR count). The SMILES string of the molecule is Fc1ccc(NSc2ccc3nc(-c4cccc(F)n4)[nH]c3c2)c(F)c1. The molecule has 0 atom stereocenters. The molecule has 0 fully saturated rings. The summed E-state index contributed by atoms with van der Waals surface area (Å²) in [4.78, 5) is 12.1. The van der Waals surface area contributed by atoms with Crippen LogP contribution < -0.4 is 4.72 Å². The predicted octanol–water partition coefficient (Wildman–Crippen LogP) is 5.16. The first-order chi connectivity index (χ1) is 12.6. The third-order valence-electron chi connectivity index (χ3n) is 3.62. The smallest absolute Gasteiger partial charge is 0.213 e. The van der Waals surface area contributed by atoms with Crippen LogP contribution in [0.25, 0.3) is 22.6 Å². The highest BCUT2D eigenvalue weighted by atomic mass is 32.2. The average Bonchev–Trinajstić information content (AvgIpc) is 3.04.